The summed E-state index contributed by atoms with van der Waals surface area (Å²) in [5.41, 5.74) is 4.96. The fourth-order valence-electron chi connectivity index (χ4n) is 3.32. The van der Waals surface area contributed by atoms with Crippen molar-refractivity contribution < 1.29 is 14.3 Å². The highest BCUT2D eigenvalue weighted by Crippen LogP contribution is 2.43. The molecule has 0 spiro atoms. The van der Waals surface area contributed by atoms with Crippen LogP contribution in [-0.2, 0) is 14.3 Å². The van der Waals surface area contributed by atoms with Gasteiger partial charge < -0.3 is 15.2 Å². The third-order valence-corrected chi connectivity index (χ3v) is 4.11. The minimum atomic E-state index is -0.398. The molecule has 3 atom stereocenters. The molecule has 0 aliphatic carbocycles. The molecule has 0 aromatic heterocycles. The van der Waals surface area contributed by atoms with E-state index in [2.05, 4.69) is 0 Å². The Bertz CT molecular complexity index is 338. The summed E-state index contributed by atoms with van der Waals surface area (Å²) in [6, 6.07) is 0. The number of ether oxygens (including phenoxy) is 2. The second kappa shape index (κ2) is 4.58. The molecule has 0 bridgehead atoms. The Morgan fingerprint density at radius 3 is 2.39 bits per heavy atom. The first-order valence-electron chi connectivity index (χ1n) is 6.84. The average molecular weight is 255 g/mol. The molecule has 0 aromatic rings. The number of hydrogen-bond acceptors (Lipinski definition) is 4. The number of nitrogens with two attached hydrogens (primary N) is 1. The van der Waals surface area contributed by atoms with Gasteiger partial charge in [-0.05, 0) is 47.0 Å². The SMILES string of the molecule is CC1(C)CC(C(=O)C2CCC(CN)O2)C(C)(C)O1. The second-order valence-corrected chi connectivity index (χ2v) is 6.68. The molecule has 0 amide bonds. The summed E-state index contributed by atoms with van der Waals surface area (Å²) in [7, 11) is 0. The van der Waals surface area contributed by atoms with Crippen LogP contribution in [0.15, 0.2) is 0 Å². The van der Waals surface area contributed by atoms with Crippen molar-refractivity contribution in [2.45, 2.75) is 70.4 Å². The van der Waals surface area contributed by atoms with Crippen molar-refractivity contribution in [2.24, 2.45) is 11.7 Å². The van der Waals surface area contributed by atoms with Gasteiger partial charge in [-0.1, -0.05) is 0 Å². The smallest absolute Gasteiger partial charge is 0.167 e. The van der Waals surface area contributed by atoms with Crippen LogP contribution in [0.3, 0.4) is 0 Å². The van der Waals surface area contributed by atoms with Gasteiger partial charge in [0.2, 0.25) is 0 Å². The molecule has 2 heterocycles. The third kappa shape index (κ3) is 2.60. The lowest BCUT2D eigenvalue weighted by molar-refractivity contribution is -0.140. The molecular weight excluding hydrogens is 230 g/mol. The molecule has 104 valence electrons. The normalized spacial score (nSPS) is 37.9. The summed E-state index contributed by atoms with van der Waals surface area (Å²) in [5.74, 6) is 0.121. The van der Waals surface area contributed by atoms with Gasteiger partial charge >= 0.3 is 0 Å². The molecule has 4 heteroatoms. The van der Waals surface area contributed by atoms with Crippen molar-refractivity contribution in [3.8, 4) is 0 Å². The largest absolute Gasteiger partial charge is 0.369 e. The molecule has 18 heavy (non-hydrogen) atoms. The van der Waals surface area contributed by atoms with Gasteiger partial charge in [0, 0.05) is 6.54 Å². The van der Waals surface area contributed by atoms with Crippen LogP contribution < -0.4 is 5.73 Å². The van der Waals surface area contributed by atoms with Crippen LogP contribution in [0.25, 0.3) is 0 Å². The van der Waals surface area contributed by atoms with Crippen LogP contribution in [0, 0.1) is 5.92 Å². The quantitative estimate of drug-likeness (QED) is 0.833. The maximum atomic E-state index is 12.6. The Balaban J connectivity index is 2.06. The zero-order valence-electron chi connectivity index (χ0n) is 11.9. The van der Waals surface area contributed by atoms with Crippen molar-refractivity contribution >= 4 is 5.78 Å². The number of rotatable bonds is 3. The lowest BCUT2D eigenvalue weighted by Crippen LogP contribution is -2.39. The minimum Gasteiger partial charge on any atom is -0.369 e. The average Bonchev–Trinajstić information content (AvgIpc) is 2.79. The molecule has 2 aliphatic rings. The van der Waals surface area contributed by atoms with E-state index in [1.807, 2.05) is 27.7 Å². The van der Waals surface area contributed by atoms with Crippen LogP contribution in [0.1, 0.15) is 47.0 Å². The van der Waals surface area contributed by atoms with Gasteiger partial charge in [0.15, 0.2) is 5.78 Å². The van der Waals surface area contributed by atoms with Crippen molar-refractivity contribution in [1.29, 1.82) is 0 Å². The Morgan fingerprint density at radius 2 is 1.94 bits per heavy atom. The van der Waals surface area contributed by atoms with E-state index in [9.17, 15) is 4.79 Å². The Morgan fingerprint density at radius 1 is 1.28 bits per heavy atom. The molecule has 2 fully saturated rings. The maximum absolute atomic E-state index is 12.6. The molecule has 4 nitrogen and oxygen atoms in total. The molecule has 0 radical (unpaired) electrons. The minimum absolute atomic E-state index is 0.0531. The van der Waals surface area contributed by atoms with Crippen LogP contribution in [0.2, 0.25) is 0 Å². The van der Waals surface area contributed by atoms with Gasteiger partial charge in [-0.3, -0.25) is 4.79 Å². The number of carbonyl (C=O) groups is 1. The van der Waals surface area contributed by atoms with Gasteiger partial charge in [0.05, 0.1) is 23.2 Å². The van der Waals surface area contributed by atoms with E-state index < -0.39 is 5.60 Å². The van der Waals surface area contributed by atoms with E-state index in [0.29, 0.717) is 6.54 Å². The lowest BCUT2D eigenvalue weighted by Gasteiger charge is -2.27. The van der Waals surface area contributed by atoms with Crippen molar-refractivity contribution in [2.75, 3.05) is 6.54 Å². The molecule has 2 rings (SSSR count). The monoisotopic (exact) mass is 255 g/mol. The summed E-state index contributed by atoms with van der Waals surface area (Å²) in [6.45, 7) is 8.58. The van der Waals surface area contributed by atoms with Gasteiger partial charge in [-0.2, -0.15) is 0 Å². The predicted molar refractivity (Wildman–Crippen MR) is 69.3 cm³/mol. The summed E-state index contributed by atoms with van der Waals surface area (Å²) in [6.07, 6.45) is 2.24. The van der Waals surface area contributed by atoms with Crippen molar-refractivity contribution in [3.63, 3.8) is 0 Å². The molecule has 2 N–H and O–H groups in total. The number of carbonyl (C=O) groups excluding carboxylic acids is 1. The molecule has 2 saturated heterocycles. The second-order valence-electron chi connectivity index (χ2n) is 6.68. The first kappa shape index (κ1) is 14.0. The topological polar surface area (TPSA) is 61.6 Å². The molecule has 2 aliphatic heterocycles. The highest BCUT2D eigenvalue weighted by molar-refractivity contribution is 5.87. The molecular formula is C14H25NO3. The van der Waals surface area contributed by atoms with Crippen molar-refractivity contribution in [3.05, 3.63) is 0 Å². The van der Waals surface area contributed by atoms with Crippen LogP contribution in [0.5, 0.6) is 0 Å². The van der Waals surface area contributed by atoms with E-state index in [1.165, 1.54) is 0 Å². The Labute approximate surface area is 109 Å². The highest BCUT2D eigenvalue weighted by atomic mass is 16.5. The van der Waals surface area contributed by atoms with E-state index in [1.54, 1.807) is 0 Å². The van der Waals surface area contributed by atoms with Crippen molar-refractivity contribution in [1.82, 2.24) is 0 Å². The van der Waals surface area contributed by atoms with Crippen LogP contribution in [0.4, 0.5) is 0 Å². The van der Waals surface area contributed by atoms with Gasteiger partial charge in [-0.15, -0.1) is 0 Å². The van der Waals surface area contributed by atoms with E-state index in [-0.39, 0.29) is 29.5 Å². The number of ketones is 1. The first-order chi connectivity index (χ1) is 8.25. The summed E-state index contributed by atoms with van der Waals surface area (Å²) in [4.78, 5) is 12.6. The predicted octanol–water partition coefficient (Wildman–Crippen LogP) is 1.66. The summed E-state index contributed by atoms with van der Waals surface area (Å²) < 4.78 is 11.7. The molecule has 3 unspecified atom stereocenters. The maximum Gasteiger partial charge on any atom is 0.167 e. The Kier molecular flexibility index (Phi) is 3.56. The van der Waals surface area contributed by atoms with E-state index >= 15 is 0 Å². The van der Waals surface area contributed by atoms with E-state index in [4.69, 9.17) is 15.2 Å². The fourth-order valence-corrected chi connectivity index (χ4v) is 3.32. The number of hydrogen-bond donors (Lipinski definition) is 1. The van der Waals surface area contributed by atoms with Gasteiger partial charge in [0.1, 0.15) is 6.10 Å². The summed E-state index contributed by atoms with van der Waals surface area (Å²) >= 11 is 0. The fraction of sp³-hybridized carbons (Fsp3) is 0.929. The standard InChI is InChI=1S/C14H25NO3/c1-13(2)7-10(14(3,4)18-13)12(16)11-6-5-9(8-15)17-11/h9-11H,5-8,15H2,1-4H3. The summed E-state index contributed by atoms with van der Waals surface area (Å²) in [5, 5.41) is 0. The zero-order chi connectivity index (χ0) is 13.6. The van der Waals surface area contributed by atoms with Crippen LogP contribution >= 0.6 is 0 Å². The molecule has 0 aromatic carbocycles. The molecule has 0 saturated carbocycles. The Hall–Kier alpha value is -0.450. The van der Waals surface area contributed by atoms with Crippen LogP contribution in [-0.4, -0.2) is 35.7 Å². The third-order valence-electron chi connectivity index (χ3n) is 4.11. The van der Waals surface area contributed by atoms with E-state index in [0.717, 1.165) is 19.3 Å². The first-order valence-corrected chi connectivity index (χ1v) is 6.84. The lowest BCUT2D eigenvalue weighted by atomic mass is 9.82. The van der Waals surface area contributed by atoms with Gasteiger partial charge in [-0.25, -0.2) is 0 Å². The van der Waals surface area contributed by atoms with Gasteiger partial charge in [0.25, 0.3) is 0 Å². The zero-order valence-corrected chi connectivity index (χ0v) is 11.9. The number of Topliss-reactive ketones (excluding diaryl/α,β-unsaturated/α-hetero) is 1. The highest BCUT2D eigenvalue weighted by Gasteiger charge is 2.51.